The van der Waals surface area contributed by atoms with Crippen LogP contribution in [0.1, 0.15) is 42.3 Å². The van der Waals surface area contributed by atoms with Gasteiger partial charge in [-0.1, -0.05) is 61.4 Å². The lowest BCUT2D eigenvalue weighted by Gasteiger charge is -2.23. The first kappa shape index (κ1) is 22.8. The number of carbonyl (C=O) groups excluding carboxylic acids is 2. The highest BCUT2D eigenvalue weighted by atomic mass is 32.2. The fourth-order valence-electron chi connectivity index (χ4n) is 2.66. The molecular formula is C22H27NO5S. The van der Waals surface area contributed by atoms with E-state index >= 15 is 0 Å². The van der Waals surface area contributed by atoms with Gasteiger partial charge in [0.2, 0.25) is 15.8 Å². The zero-order valence-electron chi connectivity index (χ0n) is 17.3. The molecule has 0 saturated heterocycles. The van der Waals surface area contributed by atoms with Crippen molar-refractivity contribution >= 4 is 21.8 Å². The molecule has 0 heterocycles. The van der Waals surface area contributed by atoms with Crippen LogP contribution >= 0.6 is 0 Å². The van der Waals surface area contributed by atoms with Crippen molar-refractivity contribution in [2.75, 3.05) is 0 Å². The van der Waals surface area contributed by atoms with E-state index in [0.717, 1.165) is 11.1 Å². The summed E-state index contributed by atoms with van der Waals surface area (Å²) in [6.07, 6.45) is -1.03. The van der Waals surface area contributed by atoms with Crippen LogP contribution in [0.3, 0.4) is 0 Å². The number of ether oxygens (including phenoxy) is 1. The smallest absolute Gasteiger partial charge is 0.325 e. The van der Waals surface area contributed by atoms with Gasteiger partial charge in [-0.25, -0.2) is 8.42 Å². The van der Waals surface area contributed by atoms with Crippen LogP contribution in [0.5, 0.6) is 0 Å². The van der Waals surface area contributed by atoms with Crippen LogP contribution in [0.2, 0.25) is 0 Å². The minimum atomic E-state index is -3.92. The molecule has 2 aromatic rings. The van der Waals surface area contributed by atoms with E-state index in [1.807, 2.05) is 13.8 Å². The molecule has 0 aliphatic rings. The van der Waals surface area contributed by atoms with Gasteiger partial charge >= 0.3 is 5.97 Å². The summed E-state index contributed by atoms with van der Waals surface area (Å²) in [6.45, 7) is 8.65. The van der Waals surface area contributed by atoms with Gasteiger partial charge in [-0.15, -0.1) is 0 Å². The summed E-state index contributed by atoms with van der Waals surface area (Å²) in [7, 11) is -3.92. The Bertz CT molecular complexity index is 963. The third-order valence-corrected chi connectivity index (χ3v) is 5.99. The quantitative estimate of drug-likeness (QED) is 0.525. The third kappa shape index (κ3) is 5.98. The molecule has 29 heavy (non-hydrogen) atoms. The molecule has 2 atom stereocenters. The highest BCUT2D eigenvalue weighted by molar-refractivity contribution is 7.89. The maximum absolute atomic E-state index is 12.6. The second kappa shape index (κ2) is 9.33. The lowest BCUT2D eigenvalue weighted by Crippen LogP contribution is -2.46. The monoisotopic (exact) mass is 417 g/mol. The van der Waals surface area contributed by atoms with Gasteiger partial charge in [0.1, 0.15) is 6.04 Å². The van der Waals surface area contributed by atoms with Gasteiger partial charge in [0.15, 0.2) is 6.10 Å². The van der Waals surface area contributed by atoms with E-state index in [4.69, 9.17) is 4.74 Å². The molecule has 0 aromatic heterocycles. The van der Waals surface area contributed by atoms with Crippen LogP contribution in [0.15, 0.2) is 53.4 Å². The molecule has 1 unspecified atom stereocenters. The number of rotatable bonds is 8. The molecule has 0 saturated carbocycles. The predicted molar refractivity (Wildman–Crippen MR) is 111 cm³/mol. The SMILES string of the molecule is Cc1ccc(C(=O)C(C)OC(=O)[C@@H](NS(=O)(=O)c2ccc(C)cc2)C(C)C)cc1. The maximum Gasteiger partial charge on any atom is 0.325 e. The number of Topliss-reactive ketones (excluding diaryl/α,β-unsaturated/α-hetero) is 1. The molecule has 0 bridgehead atoms. The van der Waals surface area contributed by atoms with Crippen molar-refractivity contribution in [3.8, 4) is 0 Å². The van der Waals surface area contributed by atoms with Gasteiger partial charge in [0.05, 0.1) is 4.90 Å². The Balaban J connectivity index is 2.13. The van der Waals surface area contributed by atoms with Crippen LogP contribution in [0.25, 0.3) is 0 Å². The zero-order valence-corrected chi connectivity index (χ0v) is 18.1. The van der Waals surface area contributed by atoms with Crippen molar-refractivity contribution in [1.29, 1.82) is 0 Å². The van der Waals surface area contributed by atoms with E-state index in [9.17, 15) is 18.0 Å². The largest absolute Gasteiger partial charge is 0.453 e. The van der Waals surface area contributed by atoms with Gasteiger partial charge in [-0.2, -0.15) is 4.72 Å². The Morgan fingerprint density at radius 2 is 1.34 bits per heavy atom. The first-order chi connectivity index (χ1) is 13.5. The topological polar surface area (TPSA) is 89.5 Å². The summed E-state index contributed by atoms with van der Waals surface area (Å²) in [4.78, 5) is 25.2. The number of aryl methyl sites for hydroxylation is 2. The number of hydrogen-bond donors (Lipinski definition) is 1. The molecule has 2 aromatic carbocycles. The second-order valence-corrected chi connectivity index (χ2v) is 9.18. The first-order valence-corrected chi connectivity index (χ1v) is 10.9. The van der Waals surface area contributed by atoms with Crippen LogP contribution in [0.4, 0.5) is 0 Å². The number of esters is 1. The minimum Gasteiger partial charge on any atom is -0.453 e. The van der Waals surface area contributed by atoms with Crippen molar-refractivity contribution < 1.29 is 22.7 Å². The van der Waals surface area contributed by atoms with Gasteiger partial charge < -0.3 is 4.74 Å². The Morgan fingerprint density at radius 1 is 0.862 bits per heavy atom. The molecule has 156 valence electrons. The maximum atomic E-state index is 12.6. The van der Waals surface area contributed by atoms with Crippen molar-refractivity contribution in [3.63, 3.8) is 0 Å². The van der Waals surface area contributed by atoms with E-state index in [1.165, 1.54) is 19.1 Å². The Hall–Kier alpha value is -2.51. The average Bonchev–Trinajstić information content (AvgIpc) is 2.66. The van der Waals surface area contributed by atoms with Crippen molar-refractivity contribution in [1.82, 2.24) is 4.72 Å². The molecule has 0 spiro atoms. The Labute approximate surface area is 172 Å². The molecule has 1 N–H and O–H groups in total. The fourth-order valence-corrected chi connectivity index (χ4v) is 4.00. The molecule has 0 aliphatic carbocycles. The summed E-state index contributed by atoms with van der Waals surface area (Å²) in [5, 5.41) is 0. The van der Waals surface area contributed by atoms with E-state index in [1.54, 1.807) is 50.2 Å². The predicted octanol–water partition coefficient (Wildman–Crippen LogP) is 3.42. The summed E-state index contributed by atoms with van der Waals surface area (Å²) in [5.41, 5.74) is 2.36. The number of nitrogens with one attached hydrogen (secondary N) is 1. The van der Waals surface area contributed by atoms with Gasteiger partial charge in [-0.3, -0.25) is 9.59 Å². The summed E-state index contributed by atoms with van der Waals surface area (Å²) >= 11 is 0. The lowest BCUT2D eigenvalue weighted by atomic mass is 10.0. The average molecular weight is 418 g/mol. The van der Waals surface area contributed by atoms with Crippen LogP contribution in [0, 0.1) is 19.8 Å². The van der Waals surface area contributed by atoms with Crippen LogP contribution < -0.4 is 4.72 Å². The number of carbonyl (C=O) groups is 2. The normalized spacial score (nSPS) is 13.7. The molecule has 0 amide bonds. The molecular weight excluding hydrogens is 390 g/mol. The lowest BCUT2D eigenvalue weighted by molar-refractivity contribution is -0.149. The molecule has 6 nitrogen and oxygen atoms in total. The fraction of sp³-hybridized carbons (Fsp3) is 0.364. The Morgan fingerprint density at radius 3 is 1.83 bits per heavy atom. The number of ketones is 1. The summed E-state index contributed by atoms with van der Waals surface area (Å²) < 4.78 is 33.0. The second-order valence-electron chi connectivity index (χ2n) is 7.47. The molecule has 0 fully saturated rings. The number of sulfonamides is 1. The molecule has 0 aliphatic heterocycles. The standard InChI is InChI=1S/C22H27NO5S/c1-14(2)20(23-29(26,27)19-12-8-16(4)9-13-19)22(25)28-17(5)21(24)18-10-6-15(3)7-11-18/h6-14,17,20,23H,1-5H3/t17?,20-/m0/s1. The van der Waals surface area contributed by atoms with Crippen LogP contribution in [-0.4, -0.2) is 32.3 Å². The van der Waals surface area contributed by atoms with Crippen LogP contribution in [-0.2, 0) is 19.6 Å². The van der Waals surface area contributed by atoms with E-state index < -0.39 is 28.1 Å². The highest BCUT2D eigenvalue weighted by Gasteiger charge is 2.32. The molecule has 7 heteroatoms. The van der Waals surface area contributed by atoms with E-state index in [2.05, 4.69) is 4.72 Å². The van der Waals surface area contributed by atoms with Gasteiger partial charge in [-0.05, 0) is 38.8 Å². The number of hydrogen-bond acceptors (Lipinski definition) is 5. The summed E-state index contributed by atoms with van der Waals surface area (Å²) in [6, 6.07) is 12.1. The van der Waals surface area contributed by atoms with E-state index in [0.29, 0.717) is 5.56 Å². The van der Waals surface area contributed by atoms with Gasteiger partial charge in [0, 0.05) is 5.56 Å². The third-order valence-electron chi connectivity index (χ3n) is 4.53. The Kier molecular flexibility index (Phi) is 7.32. The van der Waals surface area contributed by atoms with Crippen molar-refractivity contribution in [2.45, 2.75) is 51.7 Å². The first-order valence-electron chi connectivity index (χ1n) is 9.41. The van der Waals surface area contributed by atoms with Gasteiger partial charge in [0.25, 0.3) is 0 Å². The minimum absolute atomic E-state index is 0.0605. The number of benzene rings is 2. The van der Waals surface area contributed by atoms with Crippen molar-refractivity contribution in [3.05, 3.63) is 65.2 Å². The summed E-state index contributed by atoms with van der Waals surface area (Å²) in [5.74, 6) is -1.50. The zero-order chi connectivity index (χ0) is 21.8. The molecule has 0 radical (unpaired) electrons. The molecule has 2 rings (SSSR count). The van der Waals surface area contributed by atoms with Crippen molar-refractivity contribution in [2.24, 2.45) is 5.92 Å². The highest BCUT2D eigenvalue weighted by Crippen LogP contribution is 2.15. The van der Waals surface area contributed by atoms with E-state index in [-0.39, 0.29) is 16.6 Å².